The molecule has 2 heterocycles. The molecule has 2 amide bonds. The first-order valence-corrected chi connectivity index (χ1v) is 12.5. The summed E-state index contributed by atoms with van der Waals surface area (Å²) in [7, 11) is -3.53. The summed E-state index contributed by atoms with van der Waals surface area (Å²) >= 11 is 0. The molecule has 7 nitrogen and oxygen atoms in total. The molecule has 0 bridgehead atoms. The van der Waals surface area contributed by atoms with Gasteiger partial charge >= 0.3 is 0 Å². The second kappa shape index (κ2) is 9.92. The van der Waals surface area contributed by atoms with E-state index >= 15 is 0 Å². The van der Waals surface area contributed by atoms with Gasteiger partial charge in [-0.15, -0.1) is 0 Å². The fourth-order valence-corrected chi connectivity index (χ4v) is 5.85. The summed E-state index contributed by atoms with van der Waals surface area (Å²) in [5.41, 5.74) is 1.64. The second-order valence-electron chi connectivity index (χ2n) is 8.01. The number of benzene rings is 1. The summed E-state index contributed by atoms with van der Waals surface area (Å²) in [6.07, 6.45) is 6.02. The largest absolute Gasteiger partial charge is 0.333 e. The minimum Gasteiger partial charge on any atom is -0.333 e. The minimum atomic E-state index is -3.53. The Morgan fingerprint density at radius 2 is 1.73 bits per heavy atom. The zero-order chi connectivity index (χ0) is 21.7. The second-order valence-corrected chi connectivity index (χ2v) is 9.95. The van der Waals surface area contributed by atoms with E-state index in [1.165, 1.54) is 4.31 Å². The molecular weight excluding hydrogens is 402 g/mol. The summed E-state index contributed by atoms with van der Waals surface area (Å²) in [6.45, 7) is 5.81. The lowest BCUT2D eigenvalue weighted by Gasteiger charge is -2.33. The Balaban J connectivity index is 1.80. The first kappa shape index (κ1) is 22.7. The molecule has 0 saturated carbocycles. The van der Waals surface area contributed by atoms with Crippen LogP contribution in [0.2, 0.25) is 0 Å². The minimum absolute atomic E-state index is 0.0564. The molecule has 0 spiro atoms. The molecule has 0 aliphatic carbocycles. The molecule has 1 aromatic rings. The lowest BCUT2D eigenvalue weighted by atomic mass is 10.0. The van der Waals surface area contributed by atoms with Crippen molar-refractivity contribution in [2.75, 3.05) is 37.6 Å². The van der Waals surface area contributed by atoms with E-state index in [1.54, 1.807) is 28.0 Å². The van der Waals surface area contributed by atoms with Gasteiger partial charge < -0.3 is 9.80 Å². The van der Waals surface area contributed by atoms with Crippen LogP contribution in [0.15, 0.2) is 23.1 Å². The van der Waals surface area contributed by atoms with Gasteiger partial charge in [-0.1, -0.05) is 26.7 Å². The van der Waals surface area contributed by atoms with Crippen LogP contribution in [0.4, 0.5) is 5.69 Å². The van der Waals surface area contributed by atoms with Gasteiger partial charge in [0.05, 0.1) is 4.90 Å². The number of aryl methyl sites for hydroxylation is 1. The van der Waals surface area contributed by atoms with Crippen LogP contribution in [0.25, 0.3) is 0 Å². The molecular formula is C22H33N3O4S. The zero-order valence-electron chi connectivity index (χ0n) is 18.1. The van der Waals surface area contributed by atoms with Gasteiger partial charge in [0.25, 0.3) is 0 Å². The maximum absolute atomic E-state index is 13.1. The SMILES string of the molecule is CCN(CC)S(=O)(=O)c1ccc2c(c1)CCCN2C(=O)CN1CCCCCCC1=O. The van der Waals surface area contributed by atoms with Crippen molar-refractivity contribution >= 4 is 27.5 Å². The van der Waals surface area contributed by atoms with Crippen LogP contribution in [0.3, 0.4) is 0 Å². The van der Waals surface area contributed by atoms with Crippen molar-refractivity contribution in [2.24, 2.45) is 0 Å². The molecule has 166 valence electrons. The van der Waals surface area contributed by atoms with Gasteiger partial charge in [-0.05, 0) is 49.4 Å². The van der Waals surface area contributed by atoms with Crippen molar-refractivity contribution in [3.05, 3.63) is 23.8 Å². The molecule has 1 saturated heterocycles. The van der Waals surface area contributed by atoms with Gasteiger partial charge in [-0.25, -0.2) is 8.42 Å². The molecule has 1 fully saturated rings. The van der Waals surface area contributed by atoms with Crippen LogP contribution in [0.1, 0.15) is 57.9 Å². The third-order valence-electron chi connectivity index (χ3n) is 6.06. The van der Waals surface area contributed by atoms with E-state index in [-0.39, 0.29) is 23.3 Å². The van der Waals surface area contributed by atoms with Crippen LogP contribution in [0.5, 0.6) is 0 Å². The quantitative estimate of drug-likeness (QED) is 0.688. The zero-order valence-corrected chi connectivity index (χ0v) is 18.9. The normalized spacial score (nSPS) is 18.2. The Bertz CT molecular complexity index is 880. The standard InChI is InChI=1S/C22H33N3O4S/c1-3-24(4-2)30(28,29)19-12-13-20-18(16-19)10-9-15-25(20)22(27)17-23-14-8-6-5-7-11-21(23)26/h12-13,16H,3-11,14-15,17H2,1-2H3. The molecule has 0 aromatic heterocycles. The number of likely N-dealkylation sites (tertiary alicyclic amines) is 1. The highest BCUT2D eigenvalue weighted by atomic mass is 32.2. The number of nitrogens with zero attached hydrogens (tertiary/aromatic N) is 3. The topological polar surface area (TPSA) is 78.0 Å². The fourth-order valence-electron chi connectivity index (χ4n) is 4.34. The fraction of sp³-hybridized carbons (Fsp3) is 0.636. The summed E-state index contributed by atoms with van der Waals surface area (Å²) in [4.78, 5) is 29.1. The summed E-state index contributed by atoms with van der Waals surface area (Å²) in [5.74, 6) is -0.0369. The highest BCUT2D eigenvalue weighted by Gasteiger charge is 2.28. The third-order valence-corrected chi connectivity index (χ3v) is 8.11. The van der Waals surface area contributed by atoms with E-state index in [1.807, 2.05) is 13.8 Å². The van der Waals surface area contributed by atoms with Gasteiger partial charge in [-0.3, -0.25) is 9.59 Å². The van der Waals surface area contributed by atoms with E-state index in [0.717, 1.165) is 49.8 Å². The Morgan fingerprint density at radius 1 is 1.00 bits per heavy atom. The molecule has 2 aliphatic heterocycles. The van der Waals surface area contributed by atoms with Crippen LogP contribution in [0, 0.1) is 0 Å². The molecule has 30 heavy (non-hydrogen) atoms. The molecule has 3 rings (SSSR count). The highest BCUT2D eigenvalue weighted by Crippen LogP contribution is 2.30. The maximum atomic E-state index is 13.1. The molecule has 0 N–H and O–H groups in total. The van der Waals surface area contributed by atoms with E-state index in [0.29, 0.717) is 32.6 Å². The van der Waals surface area contributed by atoms with Gasteiger partial charge in [0, 0.05) is 38.3 Å². The van der Waals surface area contributed by atoms with Crippen molar-refractivity contribution < 1.29 is 18.0 Å². The van der Waals surface area contributed by atoms with Crippen molar-refractivity contribution in [3.63, 3.8) is 0 Å². The predicted molar refractivity (Wildman–Crippen MR) is 117 cm³/mol. The van der Waals surface area contributed by atoms with E-state index in [9.17, 15) is 18.0 Å². The lowest BCUT2D eigenvalue weighted by molar-refractivity contribution is -0.135. The number of amides is 2. The summed E-state index contributed by atoms with van der Waals surface area (Å²) in [6, 6.07) is 5.06. The third kappa shape index (κ3) is 4.86. The number of carbonyl (C=O) groups is 2. The molecule has 2 aliphatic rings. The number of rotatable bonds is 6. The van der Waals surface area contributed by atoms with Crippen molar-refractivity contribution in [1.82, 2.24) is 9.21 Å². The van der Waals surface area contributed by atoms with E-state index in [4.69, 9.17) is 0 Å². The highest BCUT2D eigenvalue weighted by molar-refractivity contribution is 7.89. The summed E-state index contributed by atoms with van der Waals surface area (Å²) in [5, 5.41) is 0. The van der Waals surface area contributed by atoms with E-state index in [2.05, 4.69) is 0 Å². The monoisotopic (exact) mass is 435 g/mol. The first-order chi connectivity index (χ1) is 14.4. The number of sulfonamides is 1. The number of carbonyl (C=O) groups excluding carboxylic acids is 2. The predicted octanol–water partition coefficient (Wildman–Crippen LogP) is 2.79. The van der Waals surface area contributed by atoms with Crippen LogP contribution < -0.4 is 4.90 Å². The van der Waals surface area contributed by atoms with Crippen LogP contribution in [-0.4, -0.2) is 62.2 Å². The Morgan fingerprint density at radius 3 is 2.47 bits per heavy atom. The van der Waals surface area contributed by atoms with Crippen molar-refractivity contribution in [1.29, 1.82) is 0 Å². The van der Waals surface area contributed by atoms with E-state index < -0.39 is 10.0 Å². The molecule has 8 heteroatoms. The lowest BCUT2D eigenvalue weighted by Crippen LogP contribution is -2.45. The smallest absolute Gasteiger partial charge is 0.246 e. The molecule has 0 radical (unpaired) electrons. The van der Waals surface area contributed by atoms with Crippen molar-refractivity contribution in [2.45, 2.75) is 63.7 Å². The van der Waals surface area contributed by atoms with Gasteiger partial charge in [0.1, 0.15) is 6.54 Å². The number of hydrogen-bond donors (Lipinski definition) is 0. The Labute approximate surface area is 180 Å². The molecule has 1 aromatic carbocycles. The first-order valence-electron chi connectivity index (χ1n) is 11.1. The summed E-state index contributed by atoms with van der Waals surface area (Å²) < 4.78 is 27.2. The Hall–Kier alpha value is -1.93. The van der Waals surface area contributed by atoms with Gasteiger partial charge in [-0.2, -0.15) is 4.31 Å². The maximum Gasteiger partial charge on any atom is 0.246 e. The Kier molecular flexibility index (Phi) is 7.52. The molecule has 0 atom stereocenters. The number of hydrogen-bond acceptors (Lipinski definition) is 4. The number of fused-ring (bicyclic) bond motifs is 1. The molecule has 0 unspecified atom stereocenters. The number of anilines is 1. The van der Waals surface area contributed by atoms with Crippen LogP contribution >= 0.6 is 0 Å². The average Bonchev–Trinajstić information content (AvgIpc) is 2.73. The average molecular weight is 436 g/mol. The van der Waals surface area contributed by atoms with Gasteiger partial charge in [0.2, 0.25) is 21.8 Å². The van der Waals surface area contributed by atoms with Crippen molar-refractivity contribution in [3.8, 4) is 0 Å². The van der Waals surface area contributed by atoms with Gasteiger partial charge in [0.15, 0.2) is 0 Å². The van der Waals surface area contributed by atoms with Crippen LogP contribution in [-0.2, 0) is 26.0 Å².